The Morgan fingerprint density at radius 3 is 2.44 bits per heavy atom. The molecular formula is C20H16N4O. The zero-order valence-electron chi connectivity index (χ0n) is 13.7. The van der Waals surface area contributed by atoms with Gasteiger partial charge in [0.1, 0.15) is 11.3 Å². The Kier molecular flexibility index (Phi) is 3.96. The van der Waals surface area contributed by atoms with E-state index in [4.69, 9.17) is 9.72 Å². The molecule has 1 N–H and O–H groups in total. The predicted octanol–water partition coefficient (Wildman–Crippen LogP) is 4.44. The summed E-state index contributed by atoms with van der Waals surface area (Å²) in [6.45, 7) is 0. The standard InChI is InChI=1S/C20H16N4O/c1-25-16-9-7-15(8-10-16)23-20-19-17(11-12-21-20)24-18(13-22-19)14-5-3-2-4-6-14/h2-13H,1H3,(H,21,23). The lowest BCUT2D eigenvalue weighted by atomic mass is 10.1. The molecule has 122 valence electrons. The van der Waals surface area contributed by atoms with Gasteiger partial charge in [-0.15, -0.1) is 0 Å². The maximum atomic E-state index is 5.18. The molecular weight excluding hydrogens is 312 g/mol. The van der Waals surface area contributed by atoms with Crippen molar-refractivity contribution in [3.8, 4) is 17.0 Å². The first-order chi connectivity index (χ1) is 12.3. The van der Waals surface area contributed by atoms with E-state index in [0.717, 1.165) is 33.7 Å². The molecule has 4 aromatic rings. The van der Waals surface area contributed by atoms with Gasteiger partial charge < -0.3 is 10.1 Å². The SMILES string of the molecule is COc1ccc(Nc2nccc3nc(-c4ccccc4)cnc23)cc1. The molecule has 0 aliphatic heterocycles. The second kappa shape index (κ2) is 6.57. The number of anilines is 2. The molecule has 4 rings (SSSR count). The monoisotopic (exact) mass is 328 g/mol. The third-order valence-electron chi connectivity index (χ3n) is 3.88. The highest BCUT2D eigenvalue weighted by atomic mass is 16.5. The van der Waals surface area contributed by atoms with Crippen molar-refractivity contribution < 1.29 is 4.74 Å². The Bertz CT molecular complexity index is 1000. The second-order valence-corrected chi connectivity index (χ2v) is 5.50. The summed E-state index contributed by atoms with van der Waals surface area (Å²) in [5.41, 5.74) is 4.33. The van der Waals surface area contributed by atoms with Crippen molar-refractivity contribution in [3.63, 3.8) is 0 Å². The van der Waals surface area contributed by atoms with Crippen molar-refractivity contribution >= 4 is 22.5 Å². The topological polar surface area (TPSA) is 59.9 Å². The van der Waals surface area contributed by atoms with E-state index in [0.29, 0.717) is 5.82 Å². The van der Waals surface area contributed by atoms with Crippen LogP contribution in [-0.4, -0.2) is 22.1 Å². The first-order valence-electron chi connectivity index (χ1n) is 7.92. The average molecular weight is 328 g/mol. The summed E-state index contributed by atoms with van der Waals surface area (Å²) in [6.07, 6.45) is 3.51. The first-order valence-corrected chi connectivity index (χ1v) is 7.92. The number of aromatic nitrogens is 3. The van der Waals surface area contributed by atoms with Crippen molar-refractivity contribution in [1.82, 2.24) is 15.0 Å². The Hall–Kier alpha value is -3.47. The third-order valence-corrected chi connectivity index (χ3v) is 3.88. The smallest absolute Gasteiger partial charge is 0.158 e. The van der Waals surface area contributed by atoms with Crippen LogP contribution in [0.5, 0.6) is 5.75 Å². The lowest BCUT2D eigenvalue weighted by Crippen LogP contribution is -1.98. The van der Waals surface area contributed by atoms with Crippen LogP contribution in [0.3, 0.4) is 0 Å². The Morgan fingerprint density at radius 1 is 0.880 bits per heavy atom. The van der Waals surface area contributed by atoms with E-state index < -0.39 is 0 Å². The van der Waals surface area contributed by atoms with Crippen molar-refractivity contribution in [1.29, 1.82) is 0 Å². The summed E-state index contributed by atoms with van der Waals surface area (Å²) in [5.74, 6) is 1.48. The highest BCUT2D eigenvalue weighted by molar-refractivity contribution is 5.88. The van der Waals surface area contributed by atoms with Gasteiger partial charge >= 0.3 is 0 Å². The normalized spacial score (nSPS) is 10.6. The van der Waals surface area contributed by atoms with Crippen LogP contribution in [0.15, 0.2) is 73.1 Å². The van der Waals surface area contributed by atoms with Crippen LogP contribution >= 0.6 is 0 Å². The molecule has 0 radical (unpaired) electrons. The number of hydrogen-bond acceptors (Lipinski definition) is 5. The molecule has 0 atom stereocenters. The highest BCUT2D eigenvalue weighted by Crippen LogP contribution is 2.25. The van der Waals surface area contributed by atoms with Crippen LogP contribution in [-0.2, 0) is 0 Å². The van der Waals surface area contributed by atoms with Crippen LogP contribution in [0.1, 0.15) is 0 Å². The largest absolute Gasteiger partial charge is 0.497 e. The van der Waals surface area contributed by atoms with E-state index in [2.05, 4.69) is 15.3 Å². The first kappa shape index (κ1) is 15.1. The third kappa shape index (κ3) is 3.12. The molecule has 25 heavy (non-hydrogen) atoms. The van der Waals surface area contributed by atoms with Gasteiger partial charge in [0, 0.05) is 17.4 Å². The minimum absolute atomic E-state index is 0.676. The van der Waals surface area contributed by atoms with Crippen molar-refractivity contribution in [2.75, 3.05) is 12.4 Å². The molecule has 0 saturated heterocycles. The van der Waals surface area contributed by atoms with Gasteiger partial charge in [0.2, 0.25) is 0 Å². The van der Waals surface area contributed by atoms with Crippen molar-refractivity contribution in [2.24, 2.45) is 0 Å². The van der Waals surface area contributed by atoms with Crippen molar-refractivity contribution in [2.45, 2.75) is 0 Å². The van der Waals surface area contributed by atoms with Crippen molar-refractivity contribution in [3.05, 3.63) is 73.1 Å². The zero-order chi connectivity index (χ0) is 17.1. The molecule has 2 aromatic carbocycles. The summed E-state index contributed by atoms with van der Waals surface area (Å²) in [6, 6.07) is 19.5. The molecule has 0 fully saturated rings. The molecule has 5 heteroatoms. The van der Waals surface area contributed by atoms with Gasteiger partial charge in [-0.05, 0) is 30.3 Å². The summed E-state index contributed by atoms with van der Waals surface area (Å²) < 4.78 is 5.18. The number of nitrogens with one attached hydrogen (secondary N) is 1. The molecule has 0 spiro atoms. The van der Waals surface area contributed by atoms with E-state index in [1.807, 2.05) is 60.7 Å². The average Bonchev–Trinajstić information content (AvgIpc) is 2.69. The molecule has 0 amide bonds. The number of pyridine rings is 1. The van der Waals surface area contributed by atoms with Gasteiger partial charge in [0.15, 0.2) is 5.82 Å². The van der Waals surface area contributed by atoms with E-state index >= 15 is 0 Å². The molecule has 0 aliphatic carbocycles. The number of rotatable bonds is 4. The number of benzene rings is 2. The molecule has 5 nitrogen and oxygen atoms in total. The predicted molar refractivity (Wildman–Crippen MR) is 99.0 cm³/mol. The Morgan fingerprint density at radius 2 is 1.68 bits per heavy atom. The van der Waals surface area contributed by atoms with Crippen LogP contribution in [0.25, 0.3) is 22.3 Å². The van der Waals surface area contributed by atoms with Gasteiger partial charge in [-0.3, -0.25) is 0 Å². The van der Waals surface area contributed by atoms with Gasteiger partial charge in [-0.1, -0.05) is 30.3 Å². The van der Waals surface area contributed by atoms with Crippen LogP contribution in [0.4, 0.5) is 11.5 Å². The lowest BCUT2D eigenvalue weighted by Gasteiger charge is -2.09. The summed E-state index contributed by atoms with van der Waals surface area (Å²) in [5, 5.41) is 3.29. The minimum Gasteiger partial charge on any atom is -0.497 e. The fourth-order valence-corrected chi connectivity index (χ4v) is 2.60. The van der Waals surface area contributed by atoms with E-state index in [1.54, 1.807) is 19.5 Å². The lowest BCUT2D eigenvalue weighted by molar-refractivity contribution is 0.415. The van der Waals surface area contributed by atoms with Gasteiger partial charge in [0.05, 0.1) is 24.5 Å². The van der Waals surface area contributed by atoms with Gasteiger partial charge in [-0.2, -0.15) is 0 Å². The summed E-state index contributed by atoms with van der Waals surface area (Å²) >= 11 is 0. The number of nitrogens with zero attached hydrogens (tertiary/aromatic N) is 3. The quantitative estimate of drug-likeness (QED) is 0.600. The second-order valence-electron chi connectivity index (χ2n) is 5.50. The number of methoxy groups -OCH3 is 1. The fraction of sp³-hybridized carbons (Fsp3) is 0.0500. The van der Waals surface area contributed by atoms with E-state index in [-0.39, 0.29) is 0 Å². The molecule has 2 aromatic heterocycles. The summed E-state index contributed by atoms with van der Waals surface area (Å²) in [4.78, 5) is 13.7. The van der Waals surface area contributed by atoms with Crippen LogP contribution in [0.2, 0.25) is 0 Å². The molecule has 2 heterocycles. The minimum atomic E-state index is 0.676. The maximum absolute atomic E-state index is 5.18. The number of fused-ring (bicyclic) bond motifs is 1. The highest BCUT2D eigenvalue weighted by Gasteiger charge is 2.08. The molecule has 0 aliphatic rings. The number of ether oxygens (including phenoxy) is 1. The Labute approximate surface area is 145 Å². The molecule has 0 bridgehead atoms. The van der Waals surface area contributed by atoms with Crippen LogP contribution in [0, 0.1) is 0 Å². The van der Waals surface area contributed by atoms with Crippen LogP contribution < -0.4 is 10.1 Å². The zero-order valence-corrected chi connectivity index (χ0v) is 13.7. The van der Waals surface area contributed by atoms with E-state index in [1.165, 1.54) is 0 Å². The number of hydrogen-bond donors (Lipinski definition) is 1. The molecule has 0 unspecified atom stereocenters. The van der Waals surface area contributed by atoms with Gasteiger partial charge in [-0.25, -0.2) is 15.0 Å². The maximum Gasteiger partial charge on any atom is 0.158 e. The molecule has 0 saturated carbocycles. The summed E-state index contributed by atoms with van der Waals surface area (Å²) in [7, 11) is 1.65. The Balaban J connectivity index is 1.70. The van der Waals surface area contributed by atoms with E-state index in [9.17, 15) is 0 Å². The van der Waals surface area contributed by atoms with Gasteiger partial charge in [0.25, 0.3) is 0 Å². The fourth-order valence-electron chi connectivity index (χ4n) is 2.60.